The first kappa shape index (κ1) is 37.0. The Labute approximate surface area is 333 Å². The lowest BCUT2D eigenvalue weighted by Gasteiger charge is -2.29. The Morgan fingerprint density at radius 3 is 0.966 bits per heavy atom. The lowest BCUT2D eigenvalue weighted by atomic mass is 9.83. The number of anilines is 6. The summed E-state index contributed by atoms with van der Waals surface area (Å²) >= 11 is 0. The van der Waals surface area contributed by atoms with Gasteiger partial charge in [-0.15, -0.1) is 0 Å². The number of nitriles is 6. The number of para-hydroxylation sites is 2. The van der Waals surface area contributed by atoms with E-state index in [2.05, 4.69) is 0 Å². The van der Waals surface area contributed by atoms with Gasteiger partial charge in [0.25, 0.3) is 0 Å². The van der Waals surface area contributed by atoms with Gasteiger partial charge in [-0.05, 0) is 107 Å². The highest BCUT2D eigenvalue weighted by Crippen LogP contribution is 2.44. The van der Waals surface area contributed by atoms with Crippen molar-refractivity contribution in [3.63, 3.8) is 0 Å². The second-order valence-electron chi connectivity index (χ2n) is 12.7. The van der Waals surface area contributed by atoms with Gasteiger partial charge in [0.2, 0.25) is 11.6 Å². The summed E-state index contributed by atoms with van der Waals surface area (Å²) in [5.41, 5.74) is 5.93. The van der Waals surface area contributed by atoms with Gasteiger partial charge in [0.1, 0.15) is 47.6 Å². The van der Waals surface area contributed by atoms with Crippen molar-refractivity contribution in [2.45, 2.75) is 0 Å². The van der Waals surface area contributed by atoms with Crippen molar-refractivity contribution in [2.24, 2.45) is 0 Å². The summed E-state index contributed by atoms with van der Waals surface area (Å²) in [6.07, 6.45) is 0. The van der Waals surface area contributed by atoms with Crippen LogP contribution in [0.3, 0.4) is 0 Å². The van der Waals surface area contributed by atoms with E-state index in [-0.39, 0.29) is 33.4 Å². The third-order valence-electron chi connectivity index (χ3n) is 9.54. The Kier molecular flexibility index (Phi) is 10.2. The number of benzene rings is 6. The predicted molar refractivity (Wildman–Crippen MR) is 217 cm³/mol. The van der Waals surface area contributed by atoms with Crippen LogP contribution in [0.15, 0.2) is 157 Å². The summed E-state index contributed by atoms with van der Waals surface area (Å²) in [6, 6.07) is 54.2. The molecule has 7 rings (SSSR count). The van der Waals surface area contributed by atoms with Crippen LogP contribution in [0.4, 0.5) is 34.1 Å². The zero-order valence-electron chi connectivity index (χ0n) is 30.3. The predicted octanol–water partition coefficient (Wildman–Crippen LogP) is 10.3. The molecule has 1 aliphatic carbocycles. The second-order valence-corrected chi connectivity index (χ2v) is 12.7. The molecule has 0 saturated carbocycles. The van der Waals surface area contributed by atoms with Gasteiger partial charge >= 0.3 is 0 Å². The van der Waals surface area contributed by atoms with Gasteiger partial charge in [-0.3, -0.25) is 9.59 Å². The van der Waals surface area contributed by atoms with Crippen molar-refractivity contribution in [3.8, 4) is 47.5 Å². The summed E-state index contributed by atoms with van der Waals surface area (Å²) in [7, 11) is 0. The van der Waals surface area contributed by atoms with Gasteiger partial charge in [0.05, 0.1) is 11.1 Å². The van der Waals surface area contributed by atoms with E-state index >= 15 is 0 Å². The molecule has 1 aliphatic rings. The summed E-state index contributed by atoms with van der Waals surface area (Å²) in [5.74, 6) is -1.27. The first-order chi connectivity index (χ1) is 28.3. The fraction of sp³-hybridized carbons (Fsp3) is 0. The Morgan fingerprint density at radius 2 is 0.655 bits per heavy atom. The fourth-order valence-corrected chi connectivity index (χ4v) is 6.84. The van der Waals surface area contributed by atoms with Crippen LogP contribution in [0.2, 0.25) is 0 Å². The molecule has 58 heavy (non-hydrogen) atoms. The molecule has 0 heterocycles. The molecule has 6 aromatic carbocycles. The summed E-state index contributed by atoms with van der Waals surface area (Å²) in [6.45, 7) is 0. The minimum atomic E-state index is -0.634. The number of hydrogen-bond donors (Lipinski definition) is 0. The van der Waals surface area contributed by atoms with E-state index in [9.17, 15) is 41.2 Å². The topological polar surface area (TPSA) is 183 Å². The van der Waals surface area contributed by atoms with E-state index in [0.717, 1.165) is 11.4 Å². The molecule has 0 bridgehead atoms. The molecular weight excluding hydrogens is 721 g/mol. The average Bonchev–Trinajstić information content (AvgIpc) is 3.28. The lowest BCUT2D eigenvalue weighted by molar-refractivity contribution is 0.0815. The van der Waals surface area contributed by atoms with Crippen molar-refractivity contribution >= 4 is 56.8 Å². The number of rotatable bonds is 8. The van der Waals surface area contributed by atoms with Crippen LogP contribution in [0.5, 0.6) is 0 Å². The molecule has 0 N–H and O–H groups in total. The maximum atomic E-state index is 13.6. The van der Waals surface area contributed by atoms with Gasteiger partial charge < -0.3 is 9.80 Å². The minimum absolute atomic E-state index is 0.0384. The van der Waals surface area contributed by atoms with E-state index in [1.54, 1.807) is 97.1 Å². The molecule has 0 amide bonds. The van der Waals surface area contributed by atoms with E-state index in [4.69, 9.17) is 0 Å². The molecule has 6 aromatic rings. The van der Waals surface area contributed by atoms with Crippen LogP contribution in [0, 0.1) is 68.0 Å². The molecule has 10 nitrogen and oxygen atoms in total. The number of Topliss-reactive ketones (excluding diaryl/α,β-unsaturated/α-hetero) is 2. The first-order valence-electron chi connectivity index (χ1n) is 17.5. The van der Waals surface area contributed by atoms with Crippen molar-refractivity contribution < 1.29 is 9.59 Å². The van der Waals surface area contributed by atoms with E-state index < -0.39 is 11.6 Å². The smallest absolute Gasteiger partial charge is 0.234 e. The molecule has 0 fully saturated rings. The van der Waals surface area contributed by atoms with Crippen molar-refractivity contribution in [3.05, 3.63) is 179 Å². The van der Waals surface area contributed by atoms with Crippen LogP contribution < -0.4 is 9.80 Å². The first-order valence-corrected chi connectivity index (χ1v) is 17.5. The van der Waals surface area contributed by atoms with E-state index in [0.29, 0.717) is 45.0 Å². The van der Waals surface area contributed by atoms with Gasteiger partial charge in [-0.25, -0.2) is 0 Å². The van der Waals surface area contributed by atoms with Gasteiger partial charge in [-0.2, -0.15) is 31.6 Å². The van der Waals surface area contributed by atoms with Crippen LogP contribution in [0.1, 0.15) is 31.8 Å². The maximum absolute atomic E-state index is 13.6. The zero-order chi connectivity index (χ0) is 40.8. The lowest BCUT2D eigenvalue weighted by Crippen LogP contribution is -2.22. The Bertz CT molecular complexity index is 2740. The van der Waals surface area contributed by atoms with Crippen molar-refractivity contribution in [1.82, 2.24) is 0 Å². The Balaban J connectivity index is 1.37. The summed E-state index contributed by atoms with van der Waals surface area (Å²) in [4.78, 5) is 31.1. The number of fused-ring (bicyclic) bond motifs is 3. The number of allylic oxidation sites excluding steroid dienone is 4. The van der Waals surface area contributed by atoms with Gasteiger partial charge in [0.15, 0.2) is 0 Å². The molecular formula is C48H24N8O2. The molecule has 0 spiro atoms. The third-order valence-corrected chi connectivity index (χ3v) is 9.54. The maximum Gasteiger partial charge on any atom is 0.234 e. The number of hydrogen-bond acceptors (Lipinski definition) is 10. The highest BCUT2D eigenvalue weighted by molar-refractivity contribution is 6.53. The number of carbonyl (C=O) groups is 2. The Hall–Kier alpha value is -9.32. The number of carbonyl (C=O) groups excluding carboxylic acids is 2. The highest BCUT2D eigenvalue weighted by atomic mass is 16.2. The minimum Gasteiger partial charge on any atom is -0.310 e. The monoisotopic (exact) mass is 744 g/mol. The molecule has 268 valence electrons. The quantitative estimate of drug-likeness (QED) is 0.107. The molecule has 0 saturated heterocycles. The average molecular weight is 745 g/mol. The summed E-state index contributed by atoms with van der Waals surface area (Å²) < 4.78 is 0. The molecule has 0 atom stereocenters. The SMILES string of the molecule is N#CC(C#N)=C(C#N)c1ccc(N(c2ccccc2)c2ccc3c(c2)-c2cc(N(c4ccccc4)c4ccc(C(C#N)=C(C#N)C#N)cc4)ccc2C(=O)C3=O)cc1. The third kappa shape index (κ3) is 6.69. The van der Waals surface area contributed by atoms with Crippen LogP contribution in [-0.4, -0.2) is 11.6 Å². The van der Waals surface area contributed by atoms with Crippen molar-refractivity contribution in [1.29, 1.82) is 31.6 Å². The molecule has 0 aromatic heterocycles. The normalized spacial score (nSPS) is 10.7. The van der Waals surface area contributed by atoms with E-state index in [1.165, 1.54) is 0 Å². The molecule has 0 radical (unpaired) electrons. The van der Waals surface area contributed by atoms with E-state index in [1.807, 2.05) is 94.7 Å². The Morgan fingerprint density at radius 1 is 0.345 bits per heavy atom. The van der Waals surface area contributed by atoms with Gasteiger partial charge in [-0.1, -0.05) is 60.7 Å². The molecule has 10 heteroatoms. The standard InChI is InChI=1S/C48H24N8O2/c49-25-33(26-50)45(29-53)31-11-15-37(16-12-31)55(35-7-3-1-4-8-35)39-19-21-41-43(23-39)44-24-40(20-22-42(44)48(58)47(41)57)56(36-9-5-2-6-10-36)38-17-13-32(14-18-38)46(30-54)34(27-51)28-52/h1-24H. The van der Waals surface area contributed by atoms with Crippen LogP contribution in [0.25, 0.3) is 22.3 Å². The van der Waals surface area contributed by atoms with Gasteiger partial charge in [0, 0.05) is 45.3 Å². The van der Waals surface area contributed by atoms with Crippen LogP contribution >= 0.6 is 0 Å². The number of nitrogens with zero attached hydrogens (tertiary/aromatic N) is 8. The summed E-state index contributed by atoms with van der Waals surface area (Å²) in [5, 5.41) is 57.1. The molecule has 0 aliphatic heterocycles. The fourth-order valence-electron chi connectivity index (χ4n) is 6.84. The molecule has 0 unspecified atom stereocenters. The van der Waals surface area contributed by atoms with Crippen LogP contribution in [-0.2, 0) is 0 Å². The zero-order valence-corrected chi connectivity index (χ0v) is 30.3. The second kappa shape index (κ2) is 16.0. The highest BCUT2D eigenvalue weighted by Gasteiger charge is 2.32. The number of ketones is 2. The van der Waals surface area contributed by atoms with Crippen molar-refractivity contribution in [2.75, 3.05) is 9.80 Å². The largest absolute Gasteiger partial charge is 0.310 e.